The first-order chi connectivity index (χ1) is 14.3. The number of hydrogen-bond donors (Lipinski definition) is 0. The molecule has 0 aliphatic heterocycles. The zero-order valence-corrected chi connectivity index (χ0v) is 17.7. The molecule has 0 atom stereocenters. The summed E-state index contributed by atoms with van der Waals surface area (Å²) in [6.07, 6.45) is 3.14. The maximum absolute atomic E-state index is 13.7. The highest BCUT2D eigenvalue weighted by atomic mass is 32.2. The lowest BCUT2D eigenvalue weighted by Crippen LogP contribution is -2.22. The van der Waals surface area contributed by atoms with E-state index in [-0.39, 0.29) is 5.56 Å². The normalized spacial score (nSPS) is 13.0. The van der Waals surface area contributed by atoms with Crippen molar-refractivity contribution >= 4 is 33.3 Å². The van der Waals surface area contributed by atoms with E-state index in [0.717, 1.165) is 40.9 Å². The number of fused-ring (bicyclic) bond motifs is 3. The zero-order valence-electron chi connectivity index (χ0n) is 16.1. The largest absolute Gasteiger partial charge is 0.495 e. The number of thiophene rings is 1. The molecule has 0 bridgehead atoms. The minimum atomic E-state index is 0.00876. The van der Waals surface area contributed by atoms with Crippen LogP contribution in [0.5, 0.6) is 5.75 Å². The van der Waals surface area contributed by atoms with Gasteiger partial charge in [-0.3, -0.25) is 9.36 Å². The van der Waals surface area contributed by atoms with E-state index in [4.69, 9.17) is 9.72 Å². The molecule has 0 spiro atoms. The van der Waals surface area contributed by atoms with Crippen molar-refractivity contribution in [3.05, 3.63) is 81.0 Å². The quantitative estimate of drug-likeness (QED) is 0.327. The van der Waals surface area contributed by atoms with E-state index in [2.05, 4.69) is 12.1 Å². The molecule has 2 heterocycles. The van der Waals surface area contributed by atoms with Gasteiger partial charge in [-0.05, 0) is 42.5 Å². The molecule has 0 unspecified atom stereocenters. The van der Waals surface area contributed by atoms with Crippen LogP contribution in [0.2, 0.25) is 0 Å². The number of rotatable bonds is 5. The van der Waals surface area contributed by atoms with Crippen LogP contribution in [-0.4, -0.2) is 16.7 Å². The summed E-state index contributed by atoms with van der Waals surface area (Å²) < 4.78 is 7.30. The number of benzene rings is 2. The van der Waals surface area contributed by atoms with E-state index in [1.54, 1.807) is 34.8 Å². The van der Waals surface area contributed by atoms with Crippen LogP contribution in [0.25, 0.3) is 15.9 Å². The third-order valence-corrected chi connectivity index (χ3v) is 7.44. The highest BCUT2D eigenvalue weighted by Gasteiger charge is 2.24. The molecule has 146 valence electrons. The second-order valence-electron chi connectivity index (χ2n) is 7.02. The van der Waals surface area contributed by atoms with E-state index in [1.165, 1.54) is 16.0 Å². The molecule has 2 aromatic heterocycles. The highest BCUT2D eigenvalue weighted by Crippen LogP contribution is 2.37. The van der Waals surface area contributed by atoms with Crippen LogP contribution in [0.15, 0.2) is 64.5 Å². The fourth-order valence-corrected chi connectivity index (χ4v) is 6.13. The number of thioether (sulfide) groups is 1. The first kappa shape index (κ1) is 18.5. The van der Waals surface area contributed by atoms with Crippen molar-refractivity contribution in [1.82, 2.24) is 9.55 Å². The van der Waals surface area contributed by atoms with Gasteiger partial charge in [-0.1, -0.05) is 54.2 Å². The van der Waals surface area contributed by atoms with Gasteiger partial charge >= 0.3 is 0 Å². The van der Waals surface area contributed by atoms with Gasteiger partial charge in [0, 0.05) is 10.6 Å². The average molecular weight is 421 g/mol. The van der Waals surface area contributed by atoms with E-state index < -0.39 is 0 Å². The summed E-state index contributed by atoms with van der Waals surface area (Å²) in [6, 6.07) is 17.9. The Balaban J connectivity index is 1.71. The number of aryl methyl sites for hydroxylation is 2. The van der Waals surface area contributed by atoms with Gasteiger partial charge in [0.1, 0.15) is 10.6 Å². The molecule has 0 fully saturated rings. The monoisotopic (exact) mass is 420 g/mol. The first-order valence-electron chi connectivity index (χ1n) is 9.63. The standard InChI is InChI=1S/C23H20N2O2S2/c1-27-18-12-6-5-11-17(18)25-22(26)20-16-10-7-13-19(16)29-21(20)24-23(25)28-14-15-8-3-2-4-9-15/h2-6,8-9,11-12H,7,10,13-14H2,1H3. The topological polar surface area (TPSA) is 44.1 Å². The SMILES string of the molecule is COc1ccccc1-n1c(SCc2ccccc2)nc2sc3c(c2c1=O)CCC3. The van der Waals surface area contributed by atoms with Gasteiger partial charge < -0.3 is 4.74 Å². The van der Waals surface area contributed by atoms with Gasteiger partial charge in [0.25, 0.3) is 5.56 Å². The lowest BCUT2D eigenvalue weighted by molar-refractivity contribution is 0.411. The minimum absolute atomic E-state index is 0.00876. The van der Waals surface area contributed by atoms with Gasteiger partial charge in [0.2, 0.25) is 0 Å². The number of nitrogens with zero attached hydrogens (tertiary/aromatic N) is 2. The smallest absolute Gasteiger partial charge is 0.267 e. The Morgan fingerprint density at radius 3 is 2.72 bits per heavy atom. The van der Waals surface area contributed by atoms with Crippen molar-refractivity contribution in [2.24, 2.45) is 0 Å². The molecule has 0 saturated carbocycles. The highest BCUT2D eigenvalue weighted by molar-refractivity contribution is 7.98. The van der Waals surface area contributed by atoms with Crippen LogP contribution < -0.4 is 10.3 Å². The molecule has 0 amide bonds. The summed E-state index contributed by atoms with van der Waals surface area (Å²) in [7, 11) is 1.63. The number of aromatic nitrogens is 2. The second-order valence-corrected chi connectivity index (χ2v) is 9.04. The summed E-state index contributed by atoms with van der Waals surface area (Å²) in [5.74, 6) is 1.42. The van der Waals surface area contributed by atoms with Crippen LogP contribution in [0.4, 0.5) is 0 Å². The lowest BCUT2D eigenvalue weighted by atomic mass is 10.2. The summed E-state index contributed by atoms with van der Waals surface area (Å²) >= 11 is 3.27. The molecule has 6 heteroatoms. The molecule has 5 rings (SSSR count). The van der Waals surface area contributed by atoms with Crippen LogP contribution in [0, 0.1) is 0 Å². The molecule has 1 aliphatic carbocycles. The summed E-state index contributed by atoms with van der Waals surface area (Å²) in [5, 5.41) is 1.49. The Labute approximate surface area is 177 Å². The molecule has 29 heavy (non-hydrogen) atoms. The first-order valence-corrected chi connectivity index (χ1v) is 11.4. The molecule has 4 aromatic rings. The second kappa shape index (κ2) is 7.69. The number of ether oxygens (including phenoxy) is 1. The lowest BCUT2D eigenvalue weighted by Gasteiger charge is -2.15. The van der Waals surface area contributed by atoms with Crippen LogP contribution in [-0.2, 0) is 18.6 Å². The predicted octanol–water partition coefficient (Wildman–Crippen LogP) is 5.24. The summed E-state index contributed by atoms with van der Waals surface area (Å²) in [4.78, 5) is 20.8. The fraction of sp³-hybridized carbons (Fsp3) is 0.217. The summed E-state index contributed by atoms with van der Waals surface area (Å²) in [5.41, 5.74) is 3.15. The van der Waals surface area contributed by atoms with E-state index >= 15 is 0 Å². The Kier molecular flexibility index (Phi) is 4.89. The van der Waals surface area contributed by atoms with Gasteiger partial charge in [-0.25, -0.2) is 4.98 Å². The number of hydrogen-bond acceptors (Lipinski definition) is 5. The number of para-hydroxylation sites is 2. The molecule has 2 aromatic carbocycles. The van der Waals surface area contributed by atoms with E-state index in [0.29, 0.717) is 10.9 Å². The molecule has 1 aliphatic rings. The predicted molar refractivity (Wildman–Crippen MR) is 120 cm³/mol. The van der Waals surface area contributed by atoms with Crippen molar-refractivity contribution in [1.29, 1.82) is 0 Å². The van der Waals surface area contributed by atoms with Crippen LogP contribution in [0.1, 0.15) is 22.4 Å². The van der Waals surface area contributed by atoms with Crippen molar-refractivity contribution < 1.29 is 4.74 Å². The van der Waals surface area contributed by atoms with Gasteiger partial charge in [0.15, 0.2) is 5.16 Å². The Hall–Kier alpha value is -2.57. The third kappa shape index (κ3) is 3.26. The molecule has 0 saturated heterocycles. The molecule has 0 radical (unpaired) electrons. The third-order valence-electron chi connectivity index (χ3n) is 5.24. The Morgan fingerprint density at radius 2 is 1.90 bits per heavy atom. The molecular formula is C23H20N2O2S2. The maximum atomic E-state index is 13.7. The van der Waals surface area contributed by atoms with E-state index in [9.17, 15) is 4.79 Å². The van der Waals surface area contributed by atoms with Crippen molar-refractivity contribution in [3.8, 4) is 11.4 Å². The van der Waals surface area contributed by atoms with E-state index in [1.807, 2.05) is 42.5 Å². The average Bonchev–Trinajstić information content (AvgIpc) is 3.34. The Morgan fingerprint density at radius 1 is 1.10 bits per heavy atom. The van der Waals surface area contributed by atoms with Crippen molar-refractivity contribution in [2.75, 3.05) is 7.11 Å². The molecule has 0 N–H and O–H groups in total. The van der Waals surface area contributed by atoms with Crippen molar-refractivity contribution in [2.45, 2.75) is 30.2 Å². The fourth-order valence-electron chi connectivity index (χ4n) is 3.87. The minimum Gasteiger partial charge on any atom is -0.495 e. The Bertz CT molecular complexity index is 1250. The maximum Gasteiger partial charge on any atom is 0.267 e. The zero-order chi connectivity index (χ0) is 19.8. The van der Waals surface area contributed by atoms with Crippen molar-refractivity contribution in [3.63, 3.8) is 0 Å². The molecule has 4 nitrogen and oxygen atoms in total. The number of methoxy groups -OCH3 is 1. The van der Waals surface area contributed by atoms with Crippen LogP contribution in [0.3, 0.4) is 0 Å². The van der Waals surface area contributed by atoms with Gasteiger partial charge in [0.05, 0.1) is 18.2 Å². The molecular weight excluding hydrogens is 400 g/mol. The van der Waals surface area contributed by atoms with Crippen LogP contribution >= 0.6 is 23.1 Å². The summed E-state index contributed by atoms with van der Waals surface area (Å²) in [6.45, 7) is 0. The van der Waals surface area contributed by atoms with Gasteiger partial charge in [-0.15, -0.1) is 11.3 Å². The van der Waals surface area contributed by atoms with Gasteiger partial charge in [-0.2, -0.15) is 0 Å².